The molecule has 0 aliphatic carbocycles. The summed E-state index contributed by atoms with van der Waals surface area (Å²) in [5.41, 5.74) is 0.608. The highest BCUT2D eigenvalue weighted by molar-refractivity contribution is 7.89. The average molecular weight is 368 g/mol. The molecule has 0 radical (unpaired) electrons. The van der Waals surface area contributed by atoms with Crippen molar-refractivity contribution in [3.8, 4) is 0 Å². The molecule has 1 aliphatic rings. The molecule has 1 aliphatic heterocycles. The van der Waals surface area contributed by atoms with Crippen LogP contribution in [0.3, 0.4) is 0 Å². The van der Waals surface area contributed by atoms with Gasteiger partial charge in [-0.05, 0) is 63.9 Å². The first-order valence-corrected chi connectivity index (χ1v) is 10.5. The molecular formula is C18H29N3O3S. The number of anilines is 1. The fourth-order valence-electron chi connectivity index (χ4n) is 2.91. The summed E-state index contributed by atoms with van der Waals surface area (Å²) in [7, 11) is -3.52. The Morgan fingerprint density at radius 3 is 2.56 bits per heavy atom. The molecule has 1 aromatic carbocycles. The van der Waals surface area contributed by atoms with Crippen molar-refractivity contribution < 1.29 is 13.2 Å². The number of amides is 1. The van der Waals surface area contributed by atoms with Crippen LogP contribution in [0.1, 0.15) is 46.5 Å². The number of piperidine rings is 1. The highest BCUT2D eigenvalue weighted by Gasteiger charge is 2.21. The molecule has 1 aromatic rings. The summed E-state index contributed by atoms with van der Waals surface area (Å²) in [5, 5.41) is 2.84. The van der Waals surface area contributed by atoms with E-state index in [4.69, 9.17) is 0 Å². The van der Waals surface area contributed by atoms with Gasteiger partial charge in [0.1, 0.15) is 0 Å². The third-order valence-corrected chi connectivity index (χ3v) is 6.31. The minimum absolute atomic E-state index is 0.0675. The quantitative estimate of drug-likeness (QED) is 0.776. The first kappa shape index (κ1) is 19.9. The molecule has 2 rings (SSSR count). The second kappa shape index (κ2) is 8.78. The van der Waals surface area contributed by atoms with Crippen LogP contribution in [0.15, 0.2) is 29.2 Å². The first-order chi connectivity index (χ1) is 11.8. The molecule has 1 fully saturated rings. The number of nitrogens with zero attached hydrogens (tertiary/aromatic N) is 1. The van der Waals surface area contributed by atoms with Crippen molar-refractivity contribution in [2.75, 3.05) is 18.4 Å². The van der Waals surface area contributed by atoms with Crippen LogP contribution in [0.4, 0.5) is 5.69 Å². The lowest BCUT2D eigenvalue weighted by Crippen LogP contribution is -2.42. The van der Waals surface area contributed by atoms with Crippen LogP contribution in [-0.4, -0.2) is 44.4 Å². The topological polar surface area (TPSA) is 78.5 Å². The predicted octanol–water partition coefficient (Wildman–Crippen LogP) is 2.58. The third kappa shape index (κ3) is 5.80. The standard InChI is InChI=1S/C18H29N3O3S/c1-4-14(2)20-25(23,24)17-10-8-16(9-11-17)19-18(22)13-21-12-6-5-7-15(21)3/h8-11,14-15,20H,4-7,12-13H2,1-3H3,(H,19,22)/t14-,15+/m0/s1. The largest absolute Gasteiger partial charge is 0.325 e. The van der Waals surface area contributed by atoms with Gasteiger partial charge in [-0.2, -0.15) is 0 Å². The van der Waals surface area contributed by atoms with Gasteiger partial charge in [0.05, 0.1) is 11.4 Å². The van der Waals surface area contributed by atoms with E-state index in [-0.39, 0.29) is 16.8 Å². The van der Waals surface area contributed by atoms with Crippen molar-refractivity contribution in [1.29, 1.82) is 0 Å². The van der Waals surface area contributed by atoms with Crippen LogP contribution in [0.5, 0.6) is 0 Å². The number of benzene rings is 1. The van der Waals surface area contributed by atoms with Gasteiger partial charge in [-0.1, -0.05) is 13.3 Å². The number of rotatable bonds is 7. The summed E-state index contributed by atoms with van der Waals surface area (Å²) in [6, 6.07) is 6.61. The second-order valence-corrected chi connectivity index (χ2v) is 8.53. The van der Waals surface area contributed by atoms with E-state index in [1.807, 2.05) is 13.8 Å². The number of nitrogens with one attached hydrogen (secondary N) is 2. The van der Waals surface area contributed by atoms with Crippen molar-refractivity contribution in [1.82, 2.24) is 9.62 Å². The van der Waals surface area contributed by atoms with E-state index in [9.17, 15) is 13.2 Å². The minimum Gasteiger partial charge on any atom is -0.325 e. The molecule has 0 unspecified atom stereocenters. The van der Waals surface area contributed by atoms with Crippen LogP contribution in [0.25, 0.3) is 0 Å². The summed E-state index contributed by atoms with van der Waals surface area (Å²) in [6.07, 6.45) is 4.21. The lowest BCUT2D eigenvalue weighted by atomic mass is 10.0. The Kier molecular flexibility index (Phi) is 6.98. The first-order valence-electron chi connectivity index (χ1n) is 8.98. The lowest BCUT2D eigenvalue weighted by molar-refractivity contribution is -0.118. The fraction of sp³-hybridized carbons (Fsp3) is 0.611. The Hall–Kier alpha value is -1.44. The van der Waals surface area contributed by atoms with Crippen molar-refractivity contribution >= 4 is 21.6 Å². The maximum Gasteiger partial charge on any atom is 0.240 e. The van der Waals surface area contributed by atoms with E-state index in [2.05, 4.69) is 21.9 Å². The number of sulfonamides is 1. The van der Waals surface area contributed by atoms with Crippen LogP contribution in [0.2, 0.25) is 0 Å². The molecule has 140 valence electrons. The van der Waals surface area contributed by atoms with Crippen LogP contribution < -0.4 is 10.0 Å². The SMILES string of the molecule is CC[C@H](C)NS(=O)(=O)c1ccc(NC(=O)CN2CCCC[C@H]2C)cc1. The highest BCUT2D eigenvalue weighted by Crippen LogP contribution is 2.17. The van der Waals surface area contributed by atoms with Gasteiger partial charge in [0.15, 0.2) is 0 Å². The number of carbonyl (C=O) groups excluding carboxylic acids is 1. The fourth-order valence-corrected chi connectivity index (χ4v) is 4.24. The second-order valence-electron chi connectivity index (χ2n) is 6.82. The minimum atomic E-state index is -3.52. The Morgan fingerprint density at radius 1 is 1.28 bits per heavy atom. The molecule has 2 atom stereocenters. The number of hydrogen-bond donors (Lipinski definition) is 2. The predicted molar refractivity (Wildman–Crippen MR) is 100 cm³/mol. The van der Waals surface area contributed by atoms with Gasteiger partial charge in [-0.25, -0.2) is 13.1 Å². The Morgan fingerprint density at radius 2 is 1.96 bits per heavy atom. The summed E-state index contributed by atoms with van der Waals surface area (Å²) in [6.45, 7) is 7.23. The van der Waals surface area contributed by atoms with Gasteiger partial charge in [-0.15, -0.1) is 0 Å². The van der Waals surface area contributed by atoms with Crippen molar-refractivity contribution in [2.24, 2.45) is 0 Å². The Balaban J connectivity index is 1.94. The van der Waals surface area contributed by atoms with Crippen LogP contribution >= 0.6 is 0 Å². The summed E-state index contributed by atoms with van der Waals surface area (Å²) in [4.78, 5) is 14.6. The van der Waals surface area contributed by atoms with Crippen LogP contribution in [-0.2, 0) is 14.8 Å². The zero-order valence-electron chi connectivity index (χ0n) is 15.3. The third-order valence-electron chi connectivity index (χ3n) is 4.70. The van der Waals surface area contributed by atoms with E-state index in [1.165, 1.54) is 18.6 Å². The summed E-state index contributed by atoms with van der Waals surface area (Å²) in [5.74, 6) is -0.0675. The summed E-state index contributed by atoms with van der Waals surface area (Å²) >= 11 is 0. The molecule has 0 spiro atoms. The normalized spacial score (nSPS) is 20.2. The van der Waals surface area contributed by atoms with Gasteiger partial charge in [-0.3, -0.25) is 9.69 Å². The molecule has 25 heavy (non-hydrogen) atoms. The highest BCUT2D eigenvalue weighted by atomic mass is 32.2. The average Bonchev–Trinajstić information content (AvgIpc) is 2.57. The van der Waals surface area contributed by atoms with Crippen molar-refractivity contribution in [3.05, 3.63) is 24.3 Å². The van der Waals surface area contributed by atoms with E-state index in [0.717, 1.165) is 25.8 Å². The van der Waals surface area contributed by atoms with E-state index in [0.29, 0.717) is 18.3 Å². The molecule has 1 heterocycles. The molecule has 0 aromatic heterocycles. The van der Waals surface area contributed by atoms with Crippen molar-refractivity contribution in [2.45, 2.75) is 63.4 Å². The number of hydrogen-bond acceptors (Lipinski definition) is 4. The maximum atomic E-state index is 12.2. The molecule has 2 N–H and O–H groups in total. The number of likely N-dealkylation sites (tertiary alicyclic amines) is 1. The molecule has 0 bridgehead atoms. The van der Waals surface area contributed by atoms with Gasteiger partial charge in [0.25, 0.3) is 0 Å². The van der Waals surface area contributed by atoms with Gasteiger partial charge in [0, 0.05) is 17.8 Å². The van der Waals surface area contributed by atoms with E-state index >= 15 is 0 Å². The van der Waals surface area contributed by atoms with Gasteiger partial charge < -0.3 is 5.32 Å². The van der Waals surface area contributed by atoms with E-state index in [1.54, 1.807) is 12.1 Å². The van der Waals surface area contributed by atoms with Gasteiger partial charge in [0.2, 0.25) is 15.9 Å². The zero-order valence-corrected chi connectivity index (χ0v) is 16.1. The smallest absolute Gasteiger partial charge is 0.240 e. The molecular weight excluding hydrogens is 338 g/mol. The Bertz CT molecular complexity index is 673. The van der Waals surface area contributed by atoms with Gasteiger partial charge >= 0.3 is 0 Å². The zero-order chi connectivity index (χ0) is 18.4. The van der Waals surface area contributed by atoms with Crippen LogP contribution in [0, 0.1) is 0 Å². The van der Waals surface area contributed by atoms with E-state index < -0.39 is 10.0 Å². The monoisotopic (exact) mass is 367 g/mol. The number of carbonyl (C=O) groups is 1. The Labute approximate surface area is 151 Å². The van der Waals surface area contributed by atoms with Crippen molar-refractivity contribution in [3.63, 3.8) is 0 Å². The lowest BCUT2D eigenvalue weighted by Gasteiger charge is -2.32. The molecule has 6 nitrogen and oxygen atoms in total. The molecule has 7 heteroatoms. The maximum absolute atomic E-state index is 12.2. The molecule has 0 saturated carbocycles. The molecule has 1 amide bonds. The molecule has 1 saturated heterocycles. The summed E-state index contributed by atoms with van der Waals surface area (Å²) < 4.78 is 27.1.